The molecule has 6 atom stereocenters. The summed E-state index contributed by atoms with van der Waals surface area (Å²) in [4.78, 5) is 21.7. The molecule has 1 amide bonds. The third-order valence-electron chi connectivity index (χ3n) is 3.01. The van der Waals surface area contributed by atoms with E-state index in [0.717, 1.165) is 0 Å². The third kappa shape index (κ3) is 4.59. The van der Waals surface area contributed by atoms with Crippen LogP contribution in [0, 0.1) is 0 Å². The lowest BCUT2D eigenvalue weighted by atomic mass is 9.97. The summed E-state index contributed by atoms with van der Waals surface area (Å²) in [5, 5.41) is 39.8. The summed E-state index contributed by atoms with van der Waals surface area (Å²) in [5.41, 5.74) is 5.28. The topological polar surface area (TPSA) is 172 Å². The zero-order valence-corrected chi connectivity index (χ0v) is 11.4. The van der Waals surface area contributed by atoms with Crippen molar-refractivity contribution in [3.8, 4) is 0 Å². The maximum absolute atomic E-state index is 11.1. The molecular formula is C11H20N2O8. The van der Waals surface area contributed by atoms with Crippen LogP contribution >= 0.6 is 0 Å². The standard InChI is InChI=1S/C11H20N2O8/c1-4(15)13-7-9(17)8(16)6(2-14)21-11(7)20-3-5(12)10(18)19/h5-9,11,14,16-17H,2-3,12H2,1H3,(H,13,15)(H,18,19)/t5-,6+,7+,8+,9+,11-/m1/s1. The van der Waals surface area contributed by atoms with Gasteiger partial charge in [0.25, 0.3) is 0 Å². The maximum Gasteiger partial charge on any atom is 0.322 e. The first-order chi connectivity index (χ1) is 9.77. The van der Waals surface area contributed by atoms with Gasteiger partial charge in [-0.1, -0.05) is 0 Å². The molecule has 0 aromatic heterocycles. The van der Waals surface area contributed by atoms with Gasteiger partial charge in [0.2, 0.25) is 5.91 Å². The van der Waals surface area contributed by atoms with Gasteiger partial charge >= 0.3 is 5.97 Å². The quantitative estimate of drug-likeness (QED) is 0.289. The minimum atomic E-state index is -1.45. The normalized spacial score (nSPS) is 34.2. The molecule has 1 saturated heterocycles. The van der Waals surface area contributed by atoms with Crippen molar-refractivity contribution in [2.75, 3.05) is 13.2 Å². The van der Waals surface area contributed by atoms with Crippen LogP contribution in [0.4, 0.5) is 0 Å². The Kier molecular flexibility index (Phi) is 6.45. The van der Waals surface area contributed by atoms with Crippen LogP contribution in [0.3, 0.4) is 0 Å². The number of aliphatic hydroxyl groups excluding tert-OH is 3. The lowest BCUT2D eigenvalue weighted by Gasteiger charge is -2.42. The first-order valence-corrected chi connectivity index (χ1v) is 6.27. The minimum Gasteiger partial charge on any atom is -0.480 e. The first kappa shape index (κ1) is 17.8. The van der Waals surface area contributed by atoms with Crippen LogP contribution in [0.1, 0.15) is 6.92 Å². The van der Waals surface area contributed by atoms with E-state index in [1.807, 2.05) is 0 Å². The number of nitrogens with two attached hydrogens (primary N) is 1. The number of carboxylic acid groups (broad SMARTS) is 1. The van der Waals surface area contributed by atoms with E-state index in [4.69, 9.17) is 25.4 Å². The number of ether oxygens (including phenoxy) is 2. The van der Waals surface area contributed by atoms with Gasteiger partial charge < -0.3 is 41.0 Å². The Labute approximate surface area is 120 Å². The molecule has 1 aliphatic rings. The second-order valence-corrected chi connectivity index (χ2v) is 4.71. The molecule has 0 aliphatic carbocycles. The fraction of sp³-hybridized carbons (Fsp3) is 0.818. The average molecular weight is 308 g/mol. The lowest BCUT2D eigenvalue weighted by molar-refractivity contribution is -0.270. The minimum absolute atomic E-state index is 0.433. The molecule has 0 aromatic rings. The number of aliphatic hydroxyl groups is 3. The van der Waals surface area contributed by atoms with Crippen molar-refractivity contribution in [3.05, 3.63) is 0 Å². The fourth-order valence-electron chi connectivity index (χ4n) is 1.88. The highest BCUT2D eigenvalue weighted by molar-refractivity contribution is 5.73. The number of hydrogen-bond acceptors (Lipinski definition) is 8. The van der Waals surface area contributed by atoms with Gasteiger partial charge in [-0.15, -0.1) is 0 Å². The number of amides is 1. The van der Waals surface area contributed by atoms with Crippen molar-refractivity contribution in [3.63, 3.8) is 0 Å². The molecule has 1 rings (SSSR count). The van der Waals surface area contributed by atoms with Crippen molar-refractivity contribution < 1.29 is 39.5 Å². The molecule has 7 N–H and O–H groups in total. The molecule has 10 nitrogen and oxygen atoms in total. The molecule has 0 bridgehead atoms. The highest BCUT2D eigenvalue weighted by Gasteiger charge is 2.45. The fourth-order valence-corrected chi connectivity index (χ4v) is 1.88. The van der Waals surface area contributed by atoms with E-state index < -0.39 is 61.8 Å². The molecule has 10 heteroatoms. The summed E-state index contributed by atoms with van der Waals surface area (Å²) in [6.45, 7) is 0.171. The second-order valence-electron chi connectivity index (χ2n) is 4.71. The van der Waals surface area contributed by atoms with E-state index in [2.05, 4.69) is 5.32 Å². The molecule has 1 heterocycles. The van der Waals surface area contributed by atoms with Crippen LogP contribution in [0.25, 0.3) is 0 Å². The van der Waals surface area contributed by atoms with Crippen molar-refractivity contribution in [2.24, 2.45) is 5.73 Å². The van der Waals surface area contributed by atoms with E-state index in [9.17, 15) is 19.8 Å². The number of hydrogen-bond donors (Lipinski definition) is 6. The highest BCUT2D eigenvalue weighted by atomic mass is 16.7. The Balaban J connectivity index is 2.78. The lowest BCUT2D eigenvalue weighted by Crippen LogP contribution is -2.64. The van der Waals surface area contributed by atoms with Gasteiger partial charge in [0.15, 0.2) is 6.29 Å². The van der Waals surface area contributed by atoms with Crippen molar-refractivity contribution in [1.29, 1.82) is 0 Å². The number of carbonyl (C=O) groups excluding carboxylic acids is 1. The first-order valence-electron chi connectivity index (χ1n) is 6.27. The highest BCUT2D eigenvalue weighted by Crippen LogP contribution is 2.22. The molecule has 0 unspecified atom stereocenters. The zero-order chi connectivity index (χ0) is 16.2. The summed E-state index contributed by atoms with van der Waals surface area (Å²) in [6.07, 6.45) is -5.27. The van der Waals surface area contributed by atoms with Crippen LogP contribution in [0.5, 0.6) is 0 Å². The Morgan fingerprint density at radius 2 is 2.00 bits per heavy atom. The maximum atomic E-state index is 11.1. The molecule has 0 radical (unpaired) electrons. The second kappa shape index (κ2) is 7.64. The van der Waals surface area contributed by atoms with Gasteiger partial charge in [-0.05, 0) is 0 Å². The van der Waals surface area contributed by atoms with Crippen LogP contribution in [-0.2, 0) is 19.1 Å². The predicted molar refractivity (Wildman–Crippen MR) is 66.9 cm³/mol. The SMILES string of the molecule is CC(=O)N[C@@H]1[C@H](OC[C@@H](N)C(=O)O)O[C@@H](CO)[C@H](O)[C@H]1O. The van der Waals surface area contributed by atoms with E-state index >= 15 is 0 Å². The molecule has 0 saturated carbocycles. The average Bonchev–Trinajstić information content (AvgIpc) is 2.42. The summed E-state index contributed by atoms with van der Waals surface area (Å²) in [5.74, 6) is -1.80. The number of rotatable bonds is 6. The molecular weight excluding hydrogens is 288 g/mol. The summed E-state index contributed by atoms with van der Waals surface area (Å²) in [7, 11) is 0. The number of nitrogens with one attached hydrogen (secondary N) is 1. The van der Waals surface area contributed by atoms with E-state index in [1.165, 1.54) is 6.92 Å². The number of carbonyl (C=O) groups is 2. The monoisotopic (exact) mass is 308 g/mol. The summed E-state index contributed by atoms with van der Waals surface area (Å²) in [6, 6.07) is -2.44. The molecule has 1 fully saturated rings. The van der Waals surface area contributed by atoms with E-state index in [0.29, 0.717) is 0 Å². The Hall–Kier alpha value is -1.30. The summed E-state index contributed by atoms with van der Waals surface area (Å²) >= 11 is 0. The molecule has 0 spiro atoms. The largest absolute Gasteiger partial charge is 0.480 e. The van der Waals surface area contributed by atoms with Gasteiger partial charge in [0, 0.05) is 6.92 Å². The van der Waals surface area contributed by atoms with Crippen molar-refractivity contribution in [1.82, 2.24) is 5.32 Å². The van der Waals surface area contributed by atoms with Crippen LogP contribution < -0.4 is 11.1 Å². The van der Waals surface area contributed by atoms with E-state index in [-0.39, 0.29) is 0 Å². The molecule has 122 valence electrons. The van der Waals surface area contributed by atoms with Crippen molar-refractivity contribution in [2.45, 2.75) is 43.6 Å². The van der Waals surface area contributed by atoms with Gasteiger partial charge in [-0.3, -0.25) is 9.59 Å². The van der Waals surface area contributed by atoms with Gasteiger partial charge in [-0.25, -0.2) is 0 Å². The molecule has 0 aromatic carbocycles. The van der Waals surface area contributed by atoms with Crippen LogP contribution in [0.2, 0.25) is 0 Å². The van der Waals surface area contributed by atoms with Crippen LogP contribution in [0.15, 0.2) is 0 Å². The predicted octanol–water partition coefficient (Wildman–Crippen LogP) is -3.64. The van der Waals surface area contributed by atoms with Gasteiger partial charge in [-0.2, -0.15) is 0 Å². The number of aliphatic carboxylic acids is 1. The van der Waals surface area contributed by atoms with Crippen LogP contribution in [-0.4, -0.2) is 82.2 Å². The summed E-state index contributed by atoms with van der Waals surface area (Å²) < 4.78 is 10.4. The Bertz CT molecular complexity index is 379. The Morgan fingerprint density at radius 1 is 1.38 bits per heavy atom. The van der Waals surface area contributed by atoms with Gasteiger partial charge in [0.1, 0.15) is 30.4 Å². The van der Waals surface area contributed by atoms with Gasteiger partial charge in [0.05, 0.1) is 13.2 Å². The number of carboxylic acids is 1. The third-order valence-corrected chi connectivity index (χ3v) is 3.01. The Morgan fingerprint density at radius 3 is 2.48 bits per heavy atom. The van der Waals surface area contributed by atoms with Crippen molar-refractivity contribution >= 4 is 11.9 Å². The smallest absolute Gasteiger partial charge is 0.322 e. The molecule has 21 heavy (non-hydrogen) atoms. The zero-order valence-electron chi connectivity index (χ0n) is 11.4. The molecule has 1 aliphatic heterocycles. The van der Waals surface area contributed by atoms with E-state index in [1.54, 1.807) is 0 Å².